The lowest BCUT2D eigenvalue weighted by atomic mass is 9.69. The Morgan fingerprint density at radius 1 is 1.17 bits per heavy atom. The number of ether oxygens (including phenoxy) is 2. The van der Waals surface area contributed by atoms with Crippen LogP contribution in [0.25, 0.3) is 0 Å². The van der Waals surface area contributed by atoms with Crippen LogP contribution in [0.1, 0.15) is 38.5 Å². The van der Waals surface area contributed by atoms with Gasteiger partial charge < -0.3 is 30.3 Å². The molecule has 8 unspecified atom stereocenters. The molecule has 3 N–H and O–H groups in total. The van der Waals surface area contributed by atoms with Crippen LogP contribution in [0.5, 0.6) is 0 Å². The van der Waals surface area contributed by atoms with Crippen LogP contribution in [-0.4, -0.2) is 121 Å². The Morgan fingerprint density at radius 3 is 2.75 bits per heavy atom. The molecule has 5 fully saturated rings. The number of hydrogen-bond acceptors (Lipinski definition) is 8. The summed E-state index contributed by atoms with van der Waals surface area (Å²) in [5.74, 6) is -1.03. The second kappa shape index (κ2) is 10.3. The Labute approximate surface area is 212 Å². The van der Waals surface area contributed by atoms with E-state index in [1.165, 1.54) is 0 Å². The van der Waals surface area contributed by atoms with Gasteiger partial charge in [0.25, 0.3) is 5.91 Å². The fraction of sp³-hybridized carbons (Fsp3) is 0.846. The molecule has 0 bridgehead atoms. The number of Topliss-reactive ketones (excluding diaryl/α,β-unsaturated/α-hetero) is 1. The molecule has 0 spiro atoms. The minimum absolute atomic E-state index is 0.00416. The summed E-state index contributed by atoms with van der Waals surface area (Å²) in [6.07, 6.45) is 5.14. The Morgan fingerprint density at radius 2 is 1.97 bits per heavy atom. The molecule has 0 radical (unpaired) electrons. The number of rotatable bonds is 5. The highest BCUT2D eigenvalue weighted by Gasteiger charge is 2.58. The predicted octanol–water partition coefficient (Wildman–Crippen LogP) is 0.0416. The Hall–Kier alpha value is -1.59. The molecular weight excluding hydrogens is 465 g/mol. The minimum atomic E-state index is -1.21. The van der Waals surface area contributed by atoms with Gasteiger partial charge in [0.15, 0.2) is 5.78 Å². The van der Waals surface area contributed by atoms with Crippen molar-refractivity contribution in [2.24, 2.45) is 11.7 Å². The number of amides is 1. The topological polar surface area (TPSA) is 100 Å². The average Bonchev–Trinajstić information content (AvgIpc) is 3.33. The standard InChI is InChI=1S/C26H40FN5O4/c27-19-13-17-23-25(22(19)29-6-8-30-9-11-35-12-10-30)36-21-4-2-1-3-20(21)32(23)15-18(24(17)33)26(34)31-7-5-16(28)14-31/h15-17,19-23,25,29H,1-14,28H2. The summed E-state index contributed by atoms with van der Waals surface area (Å²) < 4.78 is 27.8. The largest absolute Gasteiger partial charge is 0.379 e. The second-order valence-electron chi connectivity index (χ2n) is 11.4. The lowest BCUT2D eigenvalue weighted by Gasteiger charge is -2.59. The van der Waals surface area contributed by atoms with Gasteiger partial charge in [0.2, 0.25) is 0 Å². The predicted molar refractivity (Wildman–Crippen MR) is 131 cm³/mol. The molecule has 0 aromatic carbocycles. The maximum Gasteiger partial charge on any atom is 0.259 e. The highest BCUT2D eigenvalue weighted by Crippen LogP contribution is 2.45. The fourth-order valence-corrected chi connectivity index (χ4v) is 7.34. The van der Waals surface area contributed by atoms with Crippen molar-refractivity contribution in [1.82, 2.24) is 20.0 Å². The van der Waals surface area contributed by atoms with Gasteiger partial charge in [-0.1, -0.05) is 12.8 Å². The number of nitrogens with one attached hydrogen (secondary N) is 1. The quantitative estimate of drug-likeness (QED) is 0.506. The molecule has 1 amide bonds. The van der Waals surface area contributed by atoms with Crippen molar-refractivity contribution < 1.29 is 23.5 Å². The highest BCUT2D eigenvalue weighted by molar-refractivity contribution is 6.20. The highest BCUT2D eigenvalue weighted by atomic mass is 19.1. The van der Waals surface area contributed by atoms with E-state index < -0.39 is 24.2 Å². The summed E-state index contributed by atoms with van der Waals surface area (Å²) in [4.78, 5) is 33.3. The number of morpholine rings is 2. The molecule has 8 atom stereocenters. The molecule has 0 aromatic heterocycles. The fourth-order valence-electron chi connectivity index (χ4n) is 7.34. The first-order valence-electron chi connectivity index (χ1n) is 13.9. The normalized spacial score (nSPS) is 41.1. The summed E-state index contributed by atoms with van der Waals surface area (Å²) in [7, 11) is 0. The van der Waals surface area contributed by atoms with Gasteiger partial charge in [0, 0.05) is 57.4 Å². The van der Waals surface area contributed by atoms with E-state index in [0.717, 1.165) is 65.0 Å². The molecule has 4 aliphatic heterocycles. The van der Waals surface area contributed by atoms with Crippen LogP contribution in [0, 0.1) is 5.92 Å². The number of nitrogens with two attached hydrogens (primary N) is 1. The summed E-state index contributed by atoms with van der Waals surface area (Å²) in [5, 5.41) is 3.47. The first kappa shape index (κ1) is 24.7. The lowest BCUT2D eigenvalue weighted by molar-refractivity contribution is -0.197. The van der Waals surface area contributed by atoms with Crippen molar-refractivity contribution in [1.29, 1.82) is 0 Å². The number of nitrogens with zero attached hydrogens (tertiary/aromatic N) is 3. The van der Waals surface area contributed by atoms with Crippen LogP contribution >= 0.6 is 0 Å². The van der Waals surface area contributed by atoms with E-state index in [2.05, 4.69) is 15.1 Å². The third-order valence-electron chi connectivity index (χ3n) is 9.23. The zero-order chi connectivity index (χ0) is 24.8. The number of carbonyl (C=O) groups is 2. The van der Waals surface area contributed by atoms with Crippen molar-refractivity contribution in [3.8, 4) is 0 Å². The third kappa shape index (κ3) is 4.49. The number of fused-ring (bicyclic) bond motifs is 2. The average molecular weight is 506 g/mol. The van der Waals surface area contributed by atoms with Gasteiger partial charge >= 0.3 is 0 Å². The number of halogens is 1. The van der Waals surface area contributed by atoms with Crippen LogP contribution in [0.3, 0.4) is 0 Å². The molecule has 2 aliphatic carbocycles. The summed E-state index contributed by atoms with van der Waals surface area (Å²) >= 11 is 0. The van der Waals surface area contributed by atoms with Crippen molar-refractivity contribution >= 4 is 11.7 Å². The maximum atomic E-state index is 15.8. The van der Waals surface area contributed by atoms with E-state index in [4.69, 9.17) is 15.2 Å². The third-order valence-corrected chi connectivity index (χ3v) is 9.23. The molecule has 2 saturated carbocycles. The van der Waals surface area contributed by atoms with Crippen molar-refractivity contribution in [2.75, 3.05) is 52.5 Å². The molecule has 0 aromatic rings. The zero-order valence-corrected chi connectivity index (χ0v) is 21.0. The van der Waals surface area contributed by atoms with E-state index in [0.29, 0.717) is 19.6 Å². The summed E-state index contributed by atoms with van der Waals surface area (Å²) in [6, 6.07) is -0.620. The number of ketones is 1. The van der Waals surface area contributed by atoms with Gasteiger partial charge in [-0.25, -0.2) is 4.39 Å². The van der Waals surface area contributed by atoms with Crippen LogP contribution < -0.4 is 11.1 Å². The minimum Gasteiger partial charge on any atom is -0.379 e. The molecule has 3 saturated heterocycles. The van der Waals surface area contributed by atoms with E-state index in [-0.39, 0.29) is 47.9 Å². The van der Waals surface area contributed by atoms with Crippen LogP contribution in [-0.2, 0) is 19.1 Å². The number of alkyl halides is 1. The number of hydrogen-bond donors (Lipinski definition) is 2. The Balaban J connectivity index is 1.25. The van der Waals surface area contributed by atoms with Crippen LogP contribution in [0.2, 0.25) is 0 Å². The van der Waals surface area contributed by atoms with Gasteiger partial charge in [-0.15, -0.1) is 0 Å². The molecule has 4 heterocycles. The van der Waals surface area contributed by atoms with Gasteiger partial charge in [0.05, 0.1) is 49.1 Å². The summed E-state index contributed by atoms with van der Waals surface area (Å²) in [5.41, 5.74) is 6.24. The van der Waals surface area contributed by atoms with E-state index in [9.17, 15) is 9.59 Å². The molecule has 9 nitrogen and oxygen atoms in total. The first-order chi connectivity index (χ1) is 17.5. The first-order valence-corrected chi connectivity index (χ1v) is 13.9. The SMILES string of the molecule is NC1CCN(C(=O)C2=CN3C4CCCCC4OC4C(NCCN5CCOCC5)C(F)CC(C2=O)C43)C1. The van der Waals surface area contributed by atoms with Crippen molar-refractivity contribution in [3.05, 3.63) is 11.8 Å². The lowest BCUT2D eigenvalue weighted by Crippen LogP contribution is -2.73. The molecule has 10 heteroatoms. The Kier molecular flexibility index (Phi) is 7.07. The number of likely N-dealkylation sites (tertiary alicyclic amines) is 1. The second-order valence-corrected chi connectivity index (χ2v) is 11.4. The van der Waals surface area contributed by atoms with Gasteiger partial charge in [-0.3, -0.25) is 14.5 Å². The number of carbonyl (C=O) groups excluding carboxylic acids is 2. The zero-order valence-electron chi connectivity index (χ0n) is 21.0. The van der Waals surface area contributed by atoms with Gasteiger partial charge in [-0.05, 0) is 25.7 Å². The molecule has 36 heavy (non-hydrogen) atoms. The van der Waals surface area contributed by atoms with Gasteiger partial charge in [0.1, 0.15) is 6.17 Å². The summed E-state index contributed by atoms with van der Waals surface area (Å²) in [6.45, 7) is 5.80. The van der Waals surface area contributed by atoms with Gasteiger partial charge in [-0.2, -0.15) is 0 Å². The van der Waals surface area contributed by atoms with Crippen LogP contribution in [0.4, 0.5) is 4.39 Å². The maximum absolute atomic E-state index is 15.8. The van der Waals surface area contributed by atoms with E-state index in [1.54, 1.807) is 4.90 Å². The molecule has 6 aliphatic rings. The monoisotopic (exact) mass is 505 g/mol. The molecular formula is C26H40FN5O4. The van der Waals surface area contributed by atoms with Crippen LogP contribution in [0.15, 0.2) is 11.8 Å². The molecule has 200 valence electrons. The van der Waals surface area contributed by atoms with E-state index in [1.807, 2.05) is 6.20 Å². The van der Waals surface area contributed by atoms with Crippen molar-refractivity contribution in [3.63, 3.8) is 0 Å². The van der Waals surface area contributed by atoms with E-state index >= 15 is 4.39 Å². The Bertz CT molecular complexity index is 882. The smallest absolute Gasteiger partial charge is 0.259 e. The molecule has 6 rings (SSSR count). The van der Waals surface area contributed by atoms with Crippen molar-refractivity contribution in [2.45, 2.75) is 81.1 Å².